The van der Waals surface area contributed by atoms with Crippen molar-refractivity contribution < 1.29 is 0 Å². The number of fused-ring (bicyclic) bond motifs is 12. The molecule has 3 aliphatic heterocycles. The molecule has 264 valence electrons. The molecule has 0 amide bonds. The summed E-state index contributed by atoms with van der Waals surface area (Å²) in [6.07, 6.45) is 0. The molecule has 0 atom stereocenters. The predicted molar refractivity (Wildman–Crippen MR) is 239 cm³/mol. The fourth-order valence-electron chi connectivity index (χ4n) is 9.96. The molecular weight excluding hydrogens is 685 g/mol. The maximum absolute atomic E-state index is 2.63. The second kappa shape index (κ2) is 10.5. The van der Waals surface area contributed by atoms with Gasteiger partial charge in [0.1, 0.15) is 0 Å². The number of para-hydroxylation sites is 3. The normalized spacial score (nSPS) is 14.3. The number of aromatic nitrogens is 1. The maximum Gasteiger partial charge on any atom is 0.252 e. The molecule has 5 heteroatoms. The standard InChI is InChI=1S/C50H40BN3S/c1-49(2,3)29-24-25-38-36(26-29)51-35-18-13-21-40-47(35)54(39-20-11-16-33-31-14-7-9-19-37(31)53(40)46(33)39)43-28-30(50(4,5)6)27-42(45(43)51)52(38)41-22-12-17-34-32-15-8-10-23-44(32)55-48(34)41/h7-28H,1-6H3. The van der Waals surface area contributed by atoms with E-state index in [2.05, 4.69) is 189 Å². The minimum Gasteiger partial charge on any atom is -0.310 e. The molecule has 3 aliphatic rings. The Bertz CT molecular complexity index is 3130. The second-order valence-corrected chi connectivity index (χ2v) is 18.9. The van der Waals surface area contributed by atoms with Crippen molar-refractivity contribution in [3.05, 3.63) is 145 Å². The van der Waals surface area contributed by atoms with Gasteiger partial charge in [0.05, 0.1) is 38.5 Å². The molecule has 55 heavy (non-hydrogen) atoms. The van der Waals surface area contributed by atoms with Gasteiger partial charge in [-0.3, -0.25) is 0 Å². The molecule has 9 aromatic rings. The third-order valence-corrected chi connectivity index (χ3v) is 13.8. The van der Waals surface area contributed by atoms with E-state index in [0.29, 0.717) is 0 Å². The van der Waals surface area contributed by atoms with Crippen LogP contribution in [0.4, 0.5) is 34.1 Å². The van der Waals surface area contributed by atoms with Gasteiger partial charge in [-0.2, -0.15) is 0 Å². The zero-order valence-corrected chi connectivity index (χ0v) is 32.8. The summed E-state index contributed by atoms with van der Waals surface area (Å²) >= 11 is 1.91. The Morgan fingerprint density at radius 2 is 1.13 bits per heavy atom. The fourth-order valence-corrected chi connectivity index (χ4v) is 11.2. The van der Waals surface area contributed by atoms with E-state index < -0.39 is 0 Å². The van der Waals surface area contributed by atoms with Gasteiger partial charge in [0.2, 0.25) is 0 Å². The van der Waals surface area contributed by atoms with Crippen LogP contribution in [-0.4, -0.2) is 11.3 Å². The first-order chi connectivity index (χ1) is 26.6. The lowest BCUT2D eigenvalue weighted by molar-refractivity contribution is 0.590. The first-order valence-corrected chi connectivity index (χ1v) is 20.4. The van der Waals surface area contributed by atoms with E-state index in [1.807, 2.05) is 11.3 Å². The number of rotatable bonds is 1. The Morgan fingerprint density at radius 1 is 0.473 bits per heavy atom. The van der Waals surface area contributed by atoms with E-state index in [0.717, 1.165) is 0 Å². The van der Waals surface area contributed by atoms with Crippen LogP contribution in [0.1, 0.15) is 52.7 Å². The van der Waals surface area contributed by atoms with Gasteiger partial charge in [0, 0.05) is 43.3 Å². The average molecular weight is 726 g/mol. The van der Waals surface area contributed by atoms with Gasteiger partial charge < -0.3 is 14.4 Å². The van der Waals surface area contributed by atoms with Crippen molar-refractivity contribution in [3.8, 4) is 5.69 Å². The topological polar surface area (TPSA) is 11.4 Å². The van der Waals surface area contributed by atoms with Crippen molar-refractivity contribution in [2.75, 3.05) is 9.80 Å². The summed E-state index contributed by atoms with van der Waals surface area (Å²) in [5.41, 5.74) is 18.1. The van der Waals surface area contributed by atoms with Crippen molar-refractivity contribution in [2.45, 2.75) is 52.4 Å². The summed E-state index contributed by atoms with van der Waals surface area (Å²) in [4.78, 5) is 5.26. The number of nitrogens with zero attached hydrogens (tertiary/aromatic N) is 3. The number of hydrogen-bond acceptors (Lipinski definition) is 3. The Balaban J connectivity index is 1.26. The lowest BCUT2D eigenvalue weighted by Crippen LogP contribution is -2.62. The van der Waals surface area contributed by atoms with Crippen LogP contribution in [0, 0.1) is 0 Å². The van der Waals surface area contributed by atoms with Gasteiger partial charge in [0.15, 0.2) is 0 Å². The molecule has 0 radical (unpaired) electrons. The van der Waals surface area contributed by atoms with Crippen LogP contribution >= 0.6 is 11.3 Å². The van der Waals surface area contributed by atoms with Crippen LogP contribution in [-0.2, 0) is 10.8 Å². The molecule has 0 bridgehead atoms. The maximum atomic E-state index is 2.63. The smallest absolute Gasteiger partial charge is 0.252 e. The number of benzene rings is 7. The molecule has 0 N–H and O–H groups in total. The third kappa shape index (κ3) is 4.06. The van der Waals surface area contributed by atoms with Crippen LogP contribution in [0.2, 0.25) is 0 Å². The SMILES string of the molecule is CC(C)(C)c1ccc2c(c1)B1c3cccc4c3N(c3cc(C(C)(C)C)cc(c31)N2c1cccc2c1sc1ccccc12)c1cccc2c3ccccc3n-4c12. The number of thiophene rings is 1. The lowest BCUT2D eigenvalue weighted by Gasteiger charge is -2.47. The second-order valence-electron chi connectivity index (χ2n) is 17.8. The van der Waals surface area contributed by atoms with Crippen molar-refractivity contribution in [3.63, 3.8) is 0 Å². The molecular formula is C50H40BN3S. The summed E-state index contributed by atoms with van der Waals surface area (Å²) in [6.45, 7) is 14.2. The Kier molecular flexibility index (Phi) is 6.02. The van der Waals surface area contributed by atoms with Crippen LogP contribution in [0.25, 0.3) is 47.7 Å². The van der Waals surface area contributed by atoms with Crippen molar-refractivity contribution in [2.24, 2.45) is 0 Å². The van der Waals surface area contributed by atoms with Crippen molar-refractivity contribution >= 4 is 111 Å². The first-order valence-electron chi connectivity index (χ1n) is 19.6. The Hall–Kier alpha value is -5.78. The van der Waals surface area contributed by atoms with E-state index in [9.17, 15) is 0 Å². The number of hydrogen-bond donors (Lipinski definition) is 0. The number of anilines is 6. The molecule has 0 saturated carbocycles. The fraction of sp³-hybridized carbons (Fsp3) is 0.160. The summed E-state index contributed by atoms with van der Waals surface area (Å²) in [5.74, 6) is 0. The first kappa shape index (κ1) is 31.6. The third-order valence-electron chi connectivity index (χ3n) is 12.6. The molecule has 0 unspecified atom stereocenters. The van der Waals surface area contributed by atoms with Gasteiger partial charge in [0.25, 0.3) is 6.71 Å². The Morgan fingerprint density at radius 3 is 1.93 bits per heavy atom. The van der Waals surface area contributed by atoms with Gasteiger partial charge in [-0.05, 0) is 86.9 Å². The van der Waals surface area contributed by atoms with Gasteiger partial charge in [-0.25, -0.2) is 0 Å². The van der Waals surface area contributed by atoms with Gasteiger partial charge in [-0.15, -0.1) is 11.3 Å². The van der Waals surface area contributed by atoms with Crippen LogP contribution in [0.15, 0.2) is 133 Å². The van der Waals surface area contributed by atoms with Crippen molar-refractivity contribution in [1.82, 2.24) is 4.57 Å². The molecule has 3 nitrogen and oxygen atoms in total. The highest BCUT2D eigenvalue weighted by molar-refractivity contribution is 7.26. The van der Waals surface area contributed by atoms with Crippen molar-refractivity contribution in [1.29, 1.82) is 0 Å². The molecule has 0 aliphatic carbocycles. The van der Waals surface area contributed by atoms with Crippen LogP contribution < -0.4 is 26.2 Å². The average Bonchev–Trinajstić information content (AvgIpc) is 3.73. The van der Waals surface area contributed by atoms with E-state index in [1.165, 1.54) is 109 Å². The van der Waals surface area contributed by atoms with Gasteiger partial charge in [-0.1, -0.05) is 126 Å². The van der Waals surface area contributed by atoms with Crippen LogP contribution in [0.3, 0.4) is 0 Å². The summed E-state index contributed by atoms with van der Waals surface area (Å²) in [6, 6.07) is 51.1. The summed E-state index contributed by atoms with van der Waals surface area (Å²) < 4.78 is 5.19. The molecule has 12 rings (SSSR count). The van der Waals surface area contributed by atoms with E-state index in [-0.39, 0.29) is 17.5 Å². The largest absolute Gasteiger partial charge is 0.310 e. The zero-order chi connectivity index (χ0) is 37.1. The molecule has 0 spiro atoms. The quantitative estimate of drug-likeness (QED) is 0.156. The van der Waals surface area contributed by atoms with Crippen LogP contribution in [0.5, 0.6) is 0 Å². The summed E-state index contributed by atoms with van der Waals surface area (Å²) in [5, 5.41) is 5.24. The molecule has 2 aromatic heterocycles. The molecule has 7 aromatic carbocycles. The highest BCUT2D eigenvalue weighted by Crippen LogP contribution is 2.54. The van der Waals surface area contributed by atoms with E-state index in [1.54, 1.807) is 0 Å². The Labute approximate surface area is 326 Å². The minimum atomic E-state index is -0.0802. The minimum absolute atomic E-state index is 0.00400. The highest BCUT2D eigenvalue weighted by atomic mass is 32.1. The molecule has 0 fully saturated rings. The predicted octanol–water partition coefficient (Wildman–Crippen LogP) is 12.1. The lowest BCUT2D eigenvalue weighted by atomic mass is 9.33. The molecule has 0 saturated heterocycles. The monoisotopic (exact) mass is 725 g/mol. The van der Waals surface area contributed by atoms with Gasteiger partial charge >= 0.3 is 0 Å². The zero-order valence-electron chi connectivity index (χ0n) is 32.0. The van der Waals surface area contributed by atoms with E-state index >= 15 is 0 Å². The summed E-state index contributed by atoms with van der Waals surface area (Å²) in [7, 11) is 0. The highest BCUT2D eigenvalue weighted by Gasteiger charge is 2.47. The van der Waals surface area contributed by atoms with E-state index in [4.69, 9.17) is 0 Å². The molecule has 5 heterocycles.